The molecule has 2 rings (SSSR count). The first-order valence-electron chi connectivity index (χ1n) is 6.00. The zero-order chi connectivity index (χ0) is 12.5. The van der Waals surface area contributed by atoms with E-state index >= 15 is 0 Å². The van der Waals surface area contributed by atoms with Crippen molar-refractivity contribution >= 4 is 17.4 Å². The molecule has 0 N–H and O–H groups in total. The van der Waals surface area contributed by atoms with Gasteiger partial charge in [-0.1, -0.05) is 23.7 Å². The first-order chi connectivity index (χ1) is 8.04. The predicted molar refractivity (Wildman–Crippen MR) is 70.5 cm³/mol. The average Bonchev–Trinajstić information content (AvgIpc) is 2.30. The highest BCUT2D eigenvalue weighted by molar-refractivity contribution is 6.30. The molecule has 0 bridgehead atoms. The molecule has 0 unspecified atom stereocenters. The molecule has 17 heavy (non-hydrogen) atoms. The Bertz CT molecular complexity index is 422. The molecular weight excluding hydrogens is 234 g/mol. The van der Waals surface area contributed by atoms with Crippen LogP contribution < -0.4 is 0 Å². The Morgan fingerprint density at radius 2 is 2.00 bits per heavy atom. The minimum absolute atomic E-state index is 0.257. The summed E-state index contributed by atoms with van der Waals surface area (Å²) >= 11 is 6.04. The zero-order valence-corrected chi connectivity index (χ0v) is 11.1. The maximum atomic E-state index is 12.1. The molecule has 92 valence electrons. The van der Waals surface area contributed by atoms with Gasteiger partial charge in [-0.2, -0.15) is 0 Å². The SMILES string of the molecule is CC(=O)C1(c2cccc(Cl)c2)CCN(C)CC1. The van der Waals surface area contributed by atoms with Crippen LogP contribution in [0.25, 0.3) is 0 Å². The highest BCUT2D eigenvalue weighted by Crippen LogP contribution is 2.37. The van der Waals surface area contributed by atoms with Crippen LogP contribution in [0.5, 0.6) is 0 Å². The van der Waals surface area contributed by atoms with Crippen molar-refractivity contribution < 1.29 is 4.79 Å². The molecule has 0 spiro atoms. The largest absolute Gasteiger partial charge is 0.306 e. The van der Waals surface area contributed by atoms with Crippen LogP contribution in [-0.2, 0) is 10.2 Å². The van der Waals surface area contributed by atoms with Gasteiger partial charge in [-0.25, -0.2) is 0 Å². The molecule has 1 aliphatic rings. The van der Waals surface area contributed by atoms with Crippen LogP contribution >= 0.6 is 11.6 Å². The van der Waals surface area contributed by atoms with Crippen molar-refractivity contribution in [3.63, 3.8) is 0 Å². The van der Waals surface area contributed by atoms with Gasteiger partial charge in [0.1, 0.15) is 5.78 Å². The number of hydrogen-bond acceptors (Lipinski definition) is 2. The van der Waals surface area contributed by atoms with Crippen LogP contribution in [0.15, 0.2) is 24.3 Å². The Balaban J connectivity index is 2.38. The van der Waals surface area contributed by atoms with Crippen molar-refractivity contribution in [3.8, 4) is 0 Å². The number of carbonyl (C=O) groups excluding carboxylic acids is 1. The van der Waals surface area contributed by atoms with Crippen LogP contribution in [0, 0.1) is 0 Å². The lowest BCUT2D eigenvalue weighted by molar-refractivity contribution is -0.124. The Labute approximate surface area is 108 Å². The Morgan fingerprint density at radius 3 is 2.53 bits per heavy atom. The Hall–Kier alpha value is -0.860. The van der Waals surface area contributed by atoms with E-state index in [1.54, 1.807) is 6.92 Å². The zero-order valence-electron chi connectivity index (χ0n) is 10.4. The first kappa shape index (κ1) is 12.6. The van der Waals surface area contributed by atoms with E-state index in [9.17, 15) is 4.79 Å². The minimum atomic E-state index is -0.322. The molecule has 1 aliphatic heterocycles. The minimum Gasteiger partial charge on any atom is -0.306 e. The van der Waals surface area contributed by atoms with Crippen LogP contribution in [0.3, 0.4) is 0 Å². The molecule has 0 radical (unpaired) electrons. The summed E-state index contributed by atoms with van der Waals surface area (Å²) in [4.78, 5) is 14.3. The van der Waals surface area contributed by atoms with Crippen molar-refractivity contribution in [2.24, 2.45) is 0 Å². The number of piperidine rings is 1. The molecular formula is C14H18ClNO. The molecule has 0 atom stereocenters. The van der Waals surface area contributed by atoms with Gasteiger partial charge in [0, 0.05) is 5.02 Å². The van der Waals surface area contributed by atoms with Crippen LogP contribution in [0.2, 0.25) is 5.02 Å². The summed E-state index contributed by atoms with van der Waals surface area (Å²) in [5.74, 6) is 0.257. The fourth-order valence-electron chi connectivity index (χ4n) is 2.63. The quantitative estimate of drug-likeness (QED) is 0.806. The molecule has 2 nitrogen and oxygen atoms in total. The van der Waals surface area contributed by atoms with Gasteiger partial charge in [-0.3, -0.25) is 4.79 Å². The summed E-state index contributed by atoms with van der Waals surface area (Å²) in [6.07, 6.45) is 1.78. The normalized spacial score (nSPS) is 20.2. The number of hydrogen-bond donors (Lipinski definition) is 0. The van der Waals surface area contributed by atoms with Crippen LogP contribution in [-0.4, -0.2) is 30.8 Å². The maximum Gasteiger partial charge on any atom is 0.140 e. The number of nitrogens with zero attached hydrogens (tertiary/aromatic N) is 1. The summed E-state index contributed by atoms with van der Waals surface area (Å²) in [5, 5.41) is 0.710. The number of Topliss-reactive ketones (excluding diaryl/α,β-unsaturated/α-hetero) is 1. The third-order valence-electron chi connectivity index (χ3n) is 3.89. The molecule has 1 saturated heterocycles. The third-order valence-corrected chi connectivity index (χ3v) is 4.13. The van der Waals surface area contributed by atoms with Gasteiger partial charge in [0.2, 0.25) is 0 Å². The molecule has 1 aromatic rings. The van der Waals surface area contributed by atoms with Crippen molar-refractivity contribution in [3.05, 3.63) is 34.9 Å². The average molecular weight is 252 g/mol. The van der Waals surface area contributed by atoms with E-state index in [-0.39, 0.29) is 11.2 Å². The number of ketones is 1. The smallest absolute Gasteiger partial charge is 0.140 e. The van der Waals surface area contributed by atoms with Crippen molar-refractivity contribution in [1.29, 1.82) is 0 Å². The van der Waals surface area contributed by atoms with Gasteiger partial charge < -0.3 is 4.90 Å². The van der Waals surface area contributed by atoms with Gasteiger partial charge in [0.05, 0.1) is 5.41 Å². The highest BCUT2D eigenvalue weighted by Gasteiger charge is 2.39. The van der Waals surface area contributed by atoms with Gasteiger partial charge in [-0.15, -0.1) is 0 Å². The summed E-state index contributed by atoms with van der Waals surface area (Å²) < 4.78 is 0. The monoisotopic (exact) mass is 251 g/mol. The van der Waals surface area contributed by atoms with Crippen LogP contribution in [0.4, 0.5) is 0 Å². The lowest BCUT2D eigenvalue weighted by atomic mass is 9.70. The second-order valence-corrected chi connectivity index (χ2v) is 5.39. The third kappa shape index (κ3) is 2.38. The molecule has 1 aromatic carbocycles. The predicted octanol–water partition coefficient (Wildman–Crippen LogP) is 2.89. The lowest BCUT2D eigenvalue weighted by Crippen LogP contribution is -2.45. The van der Waals surface area contributed by atoms with E-state index in [0.29, 0.717) is 5.02 Å². The Kier molecular flexibility index (Phi) is 3.55. The topological polar surface area (TPSA) is 20.3 Å². The number of rotatable bonds is 2. The van der Waals surface area contributed by atoms with E-state index < -0.39 is 0 Å². The van der Waals surface area contributed by atoms with Crippen molar-refractivity contribution in [1.82, 2.24) is 4.90 Å². The molecule has 0 aliphatic carbocycles. The second kappa shape index (κ2) is 4.79. The van der Waals surface area contributed by atoms with Crippen molar-refractivity contribution in [2.45, 2.75) is 25.2 Å². The van der Waals surface area contributed by atoms with Gasteiger partial charge >= 0.3 is 0 Å². The second-order valence-electron chi connectivity index (χ2n) is 4.95. The molecule has 0 saturated carbocycles. The van der Waals surface area contributed by atoms with Crippen LogP contribution in [0.1, 0.15) is 25.3 Å². The maximum absolute atomic E-state index is 12.1. The molecule has 1 heterocycles. The van der Waals surface area contributed by atoms with Gasteiger partial charge in [0.15, 0.2) is 0 Å². The summed E-state index contributed by atoms with van der Waals surface area (Å²) in [5.41, 5.74) is 0.753. The van der Waals surface area contributed by atoms with E-state index in [2.05, 4.69) is 11.9 Å². The van der Waals surface area contributed by atoms with E-state index in [0.717, 1.165) is 31.5 Å². The molecule has 3 heteroatoms. The van der Waals surface area contributed by atoms with E-state index in [1.807, 2.05) is 24.3 Å². The lowest BCUT2D eigenvalue weighted by Gasteiger charge is -2.39. The van der Waals surface area contributed by atoms with E-state index in [4.69, 9.17) is 11.6 Å². The van der Waals surface area contributed by atoms with E-state index in [1.165, 1.54) is 0 Å². The fraction of sp³-hybridized carbons (Fsp3) is 0.500. The standard InChI is InChI=1S/C14H18ClNO/c1-11(17)14(6-8-16(2)9-7-14)12-4-3-5-13(15)10-12/h3-5,10H,6-9H2,1-2H3. The van der Waals surface area contributed by atoms with Crippen molar-refractivity contribution in [2.75, 3.05) is 20.1 Å². The number of halogens is 1. The molecule has 0 aromatic heterocycles. The highest BCUT2D eigenvalue weighted by atomic mass is 35.5. The number of likely N-dealkylation sites (tertiary alicyclic amines) is 1. The van der Waals surface area contributed by atoms with Gasteiger partial charge in [-0.05, 0) is 57.6 Å². The fourth-order valence-corrected chi connectivity index (χ4v) is 2.82. The summed E-state index contributed by atoms with van der Waals surface area (Å²) in [6.45, 7) is 3.63. The number of benzene rings is 1. The molecule has 1 fully saturated rings. The van der Waals surface area contributed by atoms with Gasteiger partial charge in [0.25, 0.3) is 0 Å². The first-order valence-corrected chi connectivity index (χ1v) is 6.38. The summed E-state index contributed by atoms with van der Waals surface area (Å²) in [7, 11) is 2.10. The number of carbonyl (C=O) groups is 1. The Morgan fingerprint density at radius 1 is 1.35 bits per heavy atom. The summed E-state index contributed by atoms with van der Waals surface area (Å²) in [6, 6.07) is 7.75. The molecule has 0 amide bonds.